The third-order valence-corrected chi connectivity index (χ3v) is 8.09. The molecule has 4 aromatic rings. The number of hydrogen-bond donors (Lipinski definition) is 2. The zero-order valence-electron chi connectivity index (χ0n) is 22.0. The summed E-state index contributed by atoms with van der Waals surface area (Å²) in [7, 11) is 0. The molecule has 0 spiro atoms. The second-order valence-corrected chi connectivity index (χ2v) is 10.5. The molecule has 200 valence electrons. The predicted octanol–water partition coefficient (Wildman–Crippen LogP) is 4.05. The van der Waals surface area contributed by atoms with E-state index in [0.29, 0.717) is 24.8 Å². The van der Waals surface area contributed by atoms with Crippen LogP contribution in [0.3, 0.4) is 0 Å². The summed E-state index contributed by atoms with van der Waals surface area (Å²) in [6.45, 7) is 5.34. The van der Waals surface area contributed by atoms with Gasteiger partial charge in [-0.1, -0.05) is 12.1 Å². The molecular weight excluding hydrogens is 490 g/mol. The maximum Gasteiger partial charge on any atom is 0.248 e. The summed E-state index contributed by atoms with van der Waals surface area (Å²) in [5, 5.41) is 16.8. The summed E-state index contributed by atoms with van der Waals surface area (Å²) in [5.74, 6) is 2.01. The number of nitrogen functional groups attached to an aromatic ring is 1. The molecule has 0 atom stereocenters. The van der Waals surface area contributed by atoms with E-state index in [2.05, 4.69) is 59.7 Å². The van der Waals surface area contributed by atoms with Crippen molar-refractivity contribution in [1.29, 1.82) is 0 Å². The van der Waals surface area contributed by atoms with Crippen molar-refractivity contribution in [3.8, 4) is 22.8 Å². The fourth-order valence-corrected chi connectivity index (χ4v) is 6.02. The molecule has 0 radical (unpaired) electrons. The molecule has 7 rings (SSSR count). The topological polar surface area (TPSA) is 110 Å². The molecule has 3 aliphatic heterocycles. The first kappa shape index (κ1) is 23.9. The van der Waals surface area contributed by atoms with Gasteiger partial charge in [0, 0.05) is 42.5 Å². The van der Waals surface area contributed by atoms with Crippen molar-refractivity contribution in [3.63, 3.8) is 0 Å². The average molecular weight is 524 g/mol. The highest BCUT2D eigenvalue weighted by Gasteiger charge is 2.26. The fourth-order valence-electron chi connectivity index (χ4n) is 6.02. The number of nitrogens with two attached hydrogens (primary N) is 1. The number of anilines is 4. The molecule has 2 fully saturated rings. The Kier molecular flexibility index (Phi) is 6.24. The van der Waals surface area contributed by atoms with E-state index in [1.165, 1.54) is 49.1 Å². The smallest absolute Gasteiger partial charge is 0.248 e. The van der Waals surface area contributed by atoms with E-state index >= 15 is 0 Å². The van der Waals surface area contributed by atoms with Crippen LogP contribution in [0.5, 0.6) is 5.75 Å². The van der Waals surface area contributed by atoms with Crippen LogP contribution in [0.1, 0.15) is 31.2 Å². The molecule has 2 aromatic heterocycles. The Morgan fingerprint density at radius 3 is 2.54 bits per heavy atom. The van der Waals surface area contributed by atoms with Crippen molar-refractivity contribution in [2.75, 3.05) is 48.7 Å². The maximum atomic E-state index is 6.24. The van der Waals surface area contributed by atoms with Gasteiger partial charge >= 0.3 is 0 Å². The number of likely N-dealkylation sites (tertiary alicyclic amines) is 1. The van der Waals surface area contributed by atoms with Gasteiger partial charge in [0.1, 0.15) is 11.4 Å². The predicted molar refractivity (Wildman–Crippen MR) is 152 cm³/mol. The second kappa shape index (κ2) is 10.2. The molecule has 0 unspecified atom stereocenters. The monoisotopic (exact) mass is 523 g/mol. The summed E-state index contributed by atoms with van der Waals surface area (Å²) in [5.41, 5.74) is 11.2. The van der Waals surface area contributed by atoms with Crippen LogP contribution in [-0.2, 0) is 6.42 Å². The molecule has 0 aliphatic carbocycles. The number of fused-ring (bicyclic) bond motifs is 3. The van der Waals surface area contributed by atoms with Crippen LogP contribution in [0.15, 0.2) is 54.6 Å². The first-order valence-electron chi connectivity index (χ1n) is 13.9. The van der Waals surface area contributed by atoms with Crippen LogP contribution in [0.25, 0.3) is 17.1 Å². The van der Waals surface area contributed by atoms with Gasteiger partial charge in [0.05, 0.1) is 6.61 Å². The summed E-state index contributed by atoms with van der Waals surface area (Å²) >= 11 is 0. The molecule has 10 heteroatoms. The van der Waals surface area contributed by atoms with Crippen molar-refractivity contribution in [1.82, 2.24) is 29.9 Å². The van der Waals surface area contributed by atoms with Gasteiger partial charge in [-0.15, -0.1) is 15.3 Å². The maximum absolute atomic E-state index is 6.24. The van der Waals surface area contributed by atoms with Crippen LogP contribution in [0.4, 0.5) is 23.3 Å². The first-order chi connectivity index (χ1) is 19.2. The fraction of sp³-hybridized carbons (Fsp3) is 0.379. The van der Waals surface area contributed by atoms with Crippen molar-refractivity contribution < 1.29 is 4.74 Å². The normalized spacial score (nSPS) is 17.8. The Bertz CT molecular complexity index is 1450. The summed E-state index contributed by atoms with van der Waals surface area (Å²) < 4.78 is 7.42. The number of hydrogen-bond acceptors (Lipinski definition) is 9. The molecular formula is C29H33N9O. The minimum absolute atomic E-state index is 0.245. The summed E-state index contributed by atoms with van der Waals surface area (Å²) in [6.07, 6.45) is 5.92. The third-order valence-electron chi connectivity index (χ3n) is 8.09. The van der Waals surface area contributed by atoms with Gasteiger partial charge in [-0.05, 0) is 86.8 Å². The zero-order chi connectivity index (χ0) is 26.2. The van der Waals surface area contributed by atoms with Gasteiger partial charge < -0.3 is 25.6 Å². The van der Waals surface area contributed by atoms with E-state index in [4.69, 9.17) is 10.5 Å². The first-order valence-corrected chi connectivity index (χ1v) is 13.9. The standard InChI is InChI=1S/C29H33N9O/c30-28-32-29(31-21-7-9-22(10-8-21)37-16-11-23(12-17-37)36-14-3-4-15-36)35-38(28)26-19-20-13-18-39-25-6-2-1-5-24(25)27(20)34-33-26/h1-2,5-10,19,23H,3-4,11-18H2,(H3,30,31,32,35). The van der Waals surface area contributed by atoms with Crippen molar-refractivity contribution in [2.24, 2.45) is 0 Å². The van der Waals surface area contributed by atoms with E-state index in [-0.39, 0.29) is 5.95 Å². The number of ether oxygens (including phenoxy) is 1. The van der Waals surface area contributed by atoms with Crippen molar-refractivity contribution in [2.45, 2.75) is 38.1 Å². The molecule has 3 aliphatic rings. The Labute approximate surface area is 227 Å². The van der Waals surface area contributed by atoms with Gasteiger partial charge in [0.15, 0.2) is 5.82 Å². The SMILES string of the molecule is Nc1nc(Nc2ccc(N3CCC(N4CCCC4)CC3)cc2)nn1-c1cc2c(nn1)-c1ccccc1OCC2. The number of rotatable bonds is 5. The molecule has 10 nitrogen and oxygen atoms in total. The molecule has 5 heterocycles. The van der Waals surface area contributed by atoms with Crippen LogP contribution in [-0.4, -0.2) is 68.7 Å². The van der Waals surface area contributed by atoms with Crippen molar-refractivity contribution in [3.05, 3.63) is 60.2 Å². The molecule has 0 amide bonds. The number of piperidine rings is 1. The van der Waals surface area contributed by atoms with Crippen LogP contribution in [0.2, 0.25) is 0 Å². The Morgan fingerprint density at radius 2 is 1.72 bits per heavy atom. The van der Waals surface area contributed by atoms with Crippen LogP contribution >= 0.6 is 0 Å². The molecule has 3 N–H and O–H groups in total. The van der Waals surface area contributed by atoms with E-state index in [1.54, 1.807) is 0 Å². The third kappa shape index (κ3) is 4.76. The minimum atomic E-state index is 0.245. The lowest BCUT2D eigenvalue weighted by atomic mass is 10.0. The van der Waals surface area contributed by atoms with E-state index < -0.39 is 0 Å². The number of nitrogens with one attached hydrogen (secondary N) is 1. The lowest BCUT2D eigenvalue weighted by Gasteiger charge is -2.37. The Balaban J connectivity index is 1.04. The molecule has 0 saturated carbocycles. The van der Waals surface area contributed by atoms with Gasteiger partial charge in [-0.3, -0.25) is 0 Å². The van der Waals surface area contributed by atoms with Gasteiger partial charge in [-0.2, -0.15) is 9.67 Å². The highest BCUT2D eigenvalue weighted by Crippen LogP contribution is 2.34. The van der Waals surface area contributed by atoms with Gasteiger partial charge in [-0.25, -0.2) is 0 Å². The molecule has 39 heavy (non-hydrogen) atoms. The van der Waals surface area contributed by atoms with E-state index in [1.807, 2.05) is 30.3 Å². The highest BCUT2D eigenvalue weighted by atomic mass is 16.5. The number of aromatic nitrogens is 5. The molecule has 2 aromatic carbocycles. The van der Waals surface area contributed by atoms with Gasteiger partial charge in [0.25, 0.3) is 0 Å². The number of para-hydroxylation sites is 1. The lowest BCUT2D eigenvalue weighted by molar-refractivity contribution is 0.208. The molecule has 0 bridgehead atoms. The average Bonchev–Trinajstić information content (AvgIpc) is 3.60. The minimum Gasteiger partial charge on any atom is -0.493 e. The van der Waals surface area contributed by atoms with Crippen molar-refractivity contribution >= 4 is 23.3 Å². The number of nitrogens with zero attached hydrogens (tertiary/aromatic N) is 7. The Morgan fingerprint density at radius 1 is 0.923 bits per heavy atom. The quantitative estimate of drug-likeness (QED) is 0.400. The summed E-state index contributed by atoms with van der Waals surface area (Å²) in [4.78, 5) is 9.59. The molecule has 2 saturated heterocycles. The van der Waals surface area contributed by atoms with Gasteiger partial charge in [0.2, 0.25) is 11.9 Å². The largest absolute Gasteiger partial charge is 0.493 e. The second-order valence-electron chi connectivity index (χ2n) is 10.5. The van der Waals surface area contributed by atoms with E-state index in [9.17, 15) is 0 Å². The summed E-state index contributed by atoms with van der Waals surface area (Å²) in [6, 6.07) is 19.1. The zero-order valence-corrected chi connectivity index (χ0v) is 22.0. The van der Waals surface area contributed by atoms with Crippen LogP contribution in [0, 0.1) is 0 Å². The number of benzene rings is 2. The van der Waals surface area contributed by atoms with E-state index in [0.717, 1.165) is 47.4 Å². The Hall–Kier alpha value is -4.18. The lowest BCUT2D eigenvalue weighted by Crippen LogP contribution is -2.43. The van der Waals surface area contributed by atoms with Crippen LogP contribution < -0.4 is 20.7 Å². The highest BCUT2D eigenvalue weighted by molar-refractivity contribution is 5.71.